The van der Waals surface area contributed by atoms with Crippen molar-refractivity contribution < 1.29 is 19.1 Å². The van der Waals surface area contributed by atoms with E-state index in [-0.39, 0.29) is 18.2 Å². The predicted octanol–water partition coefficient (Wildman–Crippen LogP) is 3.56. The minimum absolute atomic E-state index is 0.198. The zero-order chi connectivity index (χ0) is 19.1. The Morgan fingerprint density at radius 1 is 1.22 bits per heavy atom. The van der Waals surface area contributed by atoms with Gasteiger partial charge in [-0.2, -0.15) is 0 Å². The largest absolute Gasteiger partial charge is 0.433 e. The number of amides is 2. The summed E-state index contributed by atoms with van der Waals surface area (Å²) in [5, 5.41) is 2.87. The Morgan fingerprint density at radius 3 is 2.78 bits per heavy atom. The second-order valence-electron chi connectivity index (χ2n) is 6.65. The van der Waals surface area contributed by atoms with Crippen molar-refractivity contribution in [1.29, 1.82) is 0 Å². The van der Waals surface area contributed by atoms with Gasteiger partial charge in [0.1, 0.15) is 6.04 Å². The molecule has 4 rings (SSSR count). The normalized spacial score (nSPS) is 21.2. The lowest BCUT2D eigenvalue weighted by atomic mass is 10.1. The van der Waals surface area contributed by atoms with Crippen LogP contribution in [-0.4, -0.2) is 28.7 Å². The molecule has 0 saturated carbocycles. The highest BCUT2D eigenvalue weighted by molar-refractivity contribution is 9.10. The van der Waals surface area contributed by atoms with E-state index in [1.165, 1.54) is 4.90 Å². The van der Waals surface area contributed by atoms with Crippen LogP contribution in [0.4, 0.5) is 5.69 Å². The summed E-state index contributed by atoms with van der Waals surface area (Å²) in [6.45, 7) is 1.93. The fourth-order valence-electron chi connectivity index (χ4n) is 3.54. The van der Waals surface area contributed by atoms with Crippen molar-refractivity contribution in [2.45, 2.75) is 32.0 Å². The van der Waals surface area contributed by atoms with E-state index in [0.29, 0.717) is 23.2 Å². The van der Waals surface area contributed by atoms with Gasteiger partial charge in [0.05, 0.1) is 5.56 Å². The number of rotatable bonds is 3. The highest BCUT2D eigenvalue weighted by Gasteiger charge is 2.46. The van der Waals surface area contributed by atoms with Crippen LogP contribution < -0.4 is 5.32 Å². The highest BCUT2D eigenvalue weighted by Crippen LogP contribution is 2.38. The van der Waals surface area contributed by atoms with Gasteiger partial charge in [-0.1, -0.05) is 34.1 Å². The Labute approximate surface area is 164 Å². The summed E-state index contributed by atoms with van der Waals surface area (Å²) in [7, 11) is 0. The molecular weight excluding hydrogens is 412 g/mol. The van der Waals surface area contributed by atoms with E-state index in [1.54, 1.807) is 30.3 Å². The van der Waals surface area contributed by atoms with Crippen molar-refractivity contribution in [3.63, 3.8) is 0 Å². The Bertz CT molecular complexity index is 959. The van der Waals surface area contributed by atoms with Crippen LogP contribution in [0, 0.1) is 6.92 Å². The SMILES string of the molecule is Cc1cc(NC(=O)C2CCC(=O)N2C2OC(=O)c3ccccc32)ccc1Br. The summed E-state index contributed by atoms with van der Waals surface area (Å²) in [5.74, 6) is -0.961. The number of fused-ring (bicyclic) bond motifs is 1. The zero-order valence-electron chi connectivity index (χ0n) is 14.6. The molecule has 2 heterocycles. The van der Waals surface area contributed by atoms with Crippen LogP contribution in [0.2, 0.25) is 0 Å². The van der Waals surface area contributed by atoms with Crippen LogP contribution in [0.15, 0.2) is 46.9 Å². The van der Waals surface area contributed by atoms with Gasteiger partial charge in [-0.15, -0.1) is 0 Å². The number of ether oxygens (including phenoxy) is 1. The molecule has 2 aliphatic rings. The van der Waals surface area contributed by atoms with Crippen LogP contribution in [0.1, 0.15) is 40.6 Å². The molecule has 1 saturated heterocycles. The van der Waals surface area contributed by atoms with E-state index in [1.807, 2.05) is 19.1 Å². The first-order valence-corrected chi connectivity index (χ1v) is 9.43. The summed E-state index contributed by atoms with van der Waals surface area (Å²) >= 11 is 3.43. The number of halogens is 1. The fraction of sp³-hybridized carbons (Fsp3) is 0.250. The molecule has 1 fully saturated rings. The molecule has 1 N–H and O–H groups in total. The third-order valence-electron chi connectivity index (χ3n) is 4.90. The predicted molar refractivity (Wildman–Crippen MR) is 102 cm³/mol. The minimum Gasteiger partial charge on any atom is -0.433 e. The maximum Gasteiger partial charge on any atom is 0.340 e. The number of hydrogen-bond acceptors (Lipinski definition) is 4. The topological polar surface area (TPSA) is 75.7 Å². The lowest BCUT2D eigenvalue weighted by Crippen LogP contribution is -2.43. The van der Waals surface area contributed by atoms with Gasteiger partial charge in [-0.25, -0.2) is 4.79 Å². The summed E-state index contributed by atoms with van der Waals surface area (Å²) in [5.41, 5.74) is 2.70. The minimum atomic E-state index is -0.855. The van der Waals surface area contributed by atoms with Crippen molar-refractivity contribution in [2.75, 3.05) is 5.32 Å². The Balaban J connectivity index is 1.59. The van der Waals surface area contributed by atoms with Crippen LogP contribution >= 0.6 is 15.9 Å². The maximum atomic E-state index is 12.9. The van der Waals surface area contributed by atoms with Crippen molar-refractivity contribution in [3.05, 3.63) is 63.6 Å². The number of likely N-dealkylation sites (tertiary alicyclic amines) is 1. The van der Waals surface area contributed by atoms with Gasteiger partial charge in [0.2, 0.25) is 18.0 Å². The molecule has 0 radical (unpaired) electrons. The van der Waals surface area contributed by atoms with Gasteiger partial charge in [0.15, 0.2) is 0 Å². The number of esters is 1. The van der Waals surface area contributed by atoms with Gasteiger partial charge >= 0.3 is 5.97 Å². The Hall–Kier alpha value is -2.67. The molecule has 2 aromatic rings. The second kappa shape index (κ2) is 6.81. The average Bonchev–Trinajstić information content (AvgIpc) is 3.19. The highest BCUT2D eigenvalue weighted by atomic mass is 79.9. The van der Waals surface area contributed by atoms with Crippen LogP contribution in [-0.2, 0) is 14.3 Å². The Kier molecular flexibility index (Phi) is 4.47. The maximum absolute atomic E-state index is 12.9. The van der Waals surface area contributed by atoms with E-state index >= 15 is 0 Å². The Morgan fingerprint density at radius 2 is 2.00 bits per heavy atom. The molecule has 6 nitrogen and oxygen atoms in total. The summed E-state index contributed by atoms with van der Waals surface area (Å²) in [4.78, 5) is 38.9. The van der Waals surface area contributed by atoms with Crippen LogP contribution in [0.3, 0.4) is 0 Å². The molecule has 138 valence electrons. The number of anilines is 1. The van der Waals surface area contributed by atoms with Crippen molar-refractivity contribution in [1.82, 2.24) is 4.90 Å². The lowest BCUT2D eigenvalue weighted by Gasteiger charge is -2.29. The first-order valence-electron chi connectivity index (χ1n) is 8.64. The quantitative estimate of drug-likeness (QED) is 0.758. The van der Waals surface area contributed by atoms with Gasteiger partial charge in [0, 0.05) is 22.1 Å². The molecule has 27 heavy (non-hydrogen) atoms. The molecule has 0 aliphatic carbocycles. The molecule has 2 aliphatic heterocycles. The van der Waals surface area contributed by atoms with E-state index in [9.17, 15) is 14.4 Å². The smallest absolute Gasteiger partial charge is 0.340 e. The van der Waals surface area contributed by atoms with Crippen molar-refractivity contribution in [2.24, 2.45) is 0 Å². The molecule has 0 spiro atoms. The number of benzene rings is 2. The zero-order valence-corrected chi connectivity index (χ0v) is 16.2. The van der Waals surface area contributed by atoms with Gasteiger partial charge in [-0.05, 0) is 43.2 Å². The van der Waals surface area contributed by atoms with Crippen molar-refractivity contribution in [3.8, 4) is 0 Å². The molecule has 0 aromatic heterocycles. The average molecular weight is 429 g/mol. The number of hydrogen-bond donors (Lipinski definition) is 1. The molecule has 7 heteroatoms. The standard InChI is InChI=1S/C20H17BrN2O4/c1-11-10-12(6-7-15(11)21)22-18(25)16-8-9-17(24)23(16)19-13-4-2-3-5-14(13)20(26)27-19/h2-7,10,16,19H,8-9H2,1H3,(H,22,25). The van der Waals surface area contributed by atoms with E-state index in [0.717, 1.165) is 10.0 Å². The number of carbonyl (C=O) groups excluding carboxylic acids is 3. The third-order valence-corrected chi connectivity index (χ3v) is 5.79. The van der Waals surface area contributed by atoms with Gasteiger partial charge in [-0.3, -0.25) is 14.5 Å². The number of carbonyl (C=O) groups is 3. The fourth-order valence-corrected chi connectivity index (χ4v) is 3.78. The molecule has 2 aromatic carbocycles. The second-order valence-corrected chi connectivity index (χ2v) is 7.51. The number of aryl methyl sites for hydroxylation is 1. The van der Waals surface area contributed by atoms with Gasteiger partial charge < -0.3 is 10.1 Å². The number of nitrogens with one attached hydrogen (secondary N) is 1. The molecule has 2 atom stereocenters. The van der Waals surface area contributed by atoms with Crippen LogP contribution in [0.25, 0.3) is 0 Å². The third kappa shape index (κ3) is 3.12. The molecule has 2 unspecified atom stereocenters. The summed E-state index contributed by atoms with van der Waals surface area (Å²) in [6, 6.07) is 11.8. The first kappa shape index (κ1) is 17.7. The van der Waals surface area contributed by atoms with E-state index in [4.69, 9.17) is 4.74 Å². The van der Waals surface area contributed by atoms with E-state index < -0.39 is 18.2 Å². The number of nitrogens with zero attached hydrogens (tertiary/aromatic N) is 1. The van der Waals surface area contributed by atoms with Crippen molar-refractivity contribution >= 4 is 39.4 Å². The summed E-state index contributed by atoms with van der Waals surface area (Å²) in [6.07, 6.45) is -0.226. The monoisotopic (exact) mass is 428 g/mol. The van der Waals surface area contributed by atoms with Gasteiger partial charge in [0.25, 0.3) is 0 Å². The van der Waals surface area contributed by atoms with E-state index in [2.05, 4.69) is 21.2 Å². The summed E-state index contributed by atoms with van der Waals surface area (Å²) < 4.78 is 6.38. The molecule has 0 bridgehead atoms. The first-order chi connectivity index (χ1) is 13.0. The number of cyclic esters (lactones) is 1. The lowest BCUT2D eigenvalue weighted by molar-refractivity contribution is -0.144. The molecule has 2 amide bonds. The molecular formula is C20H17BrN2O4. The van der Waals surface area contributed by atoms with Crippen LogP contribution in [0.5, 0.6) is 0 Å².